The Morgan fingerprint density at radius 1 is 1.33 bits per heavy atom. The Bertz CT molecular complexity index is 344. The molecule has 0 spiro atoms. The molecule has 0 aliphatic rings. The monoisotopic (exact) mass is 284 g/mol. The van der Waals surface area contributed by atoms with Gasteiger partial charge in [-0.2, -0.15) is 13.2 Å². The lowest BCUT2D eigenvalue weighted by atomic mass is 10.1. The summed E-state index contributed by atoms with van der Waals surface area (Å²) in [4.78, 5) is 0.105. The number of halogens is 5. The molecule has 0 nitrogen and oxygen atoms in total. The molecule has 15 heavy (non-hydrogen) atoms. The van der Waals surface area contributed by atoms with Crippen molar-refractivity contribution >= 4 is 15.9 Å². The first-order valence-corrected chi connectivity index (χ1v) is 5.22. The van der Waals surface area contributed by atoms with Crippen LogP contribution in [0.1, 0.15) is 18.1 Å². The van der Waals surface area contributed by atoms with Crippen LogP contribution in [0.25, 0.3) is 0 Å². The van der Waals surface area contributed by atoms with Crippen LogP contribution in [0.4, 0.5) is 17.6 Å². The lowest BCUT2D eigenvalue weighted by Crippen LogP contribution is -2.09. The van der Waals surface area contributed by atoms with Crippen LogP contribution >= 0.6 is 15.9 Å². The van der Waals surface area contributed by atoms with Gasteiger partial charge in [-0.15, -0.1) is 0 Å². The second kappa shape index (κ2) is 4.51. The third-order valence-electron chi connectivity index (χ3n) is 1.86. The molecular formula is C10H9BrF4. The van der Waals surface area contributed by atoms with Crippen LogP contribution in [-0.4, -0.2) is 4.83 Å². The minimum Gasteiger partial charge on any atom is -0.206 e. The second-order valence-electron chi connectivity index (χ2n) is 3.30. The Labute approximate surface area is 93.4 Å². The van der Waals surface area contributed by atoms with Crippen LogP contribution in [0.3, 0.4) is 0 Å². The first-order chi connectivity index (χ1) is 6.80. The molecule has 0 radical (unpaired) electrons. The Morgan fingerprint density at radius 3 is 2.33 bits per heavy atom. The van der Waals surface area contributed by atoms with Gasteiger partial charge in [-0.1, -0.05) is 28.9 Å². The molecule has 0 bridgehead atoms. The maximum atomic E-state index is 13.1. The number of rotatable bonds is 2. The van der Waals surface area contributed by atoms with E-state index in [0.29, 0.717) is 12.0 Å². The third kappa shape index (κ3) is 3.48. The van der Waals surface area contributed by atoms with Crippen LogP contribution in [0.5, 0.6) is 0 Å². The Kier molecular flexibility index (Phi) is 3.76. The summed E-state index contributed by atoms with van der Waals surface area (Å²) in [7, 11) is 0. The fourth-order valence-corrected chi connectivity index (χ4v) is 1.61. The van der Waals surface area contributed by atoms with Gasteiger partial charge in [0, 0.05) is 4.83 Å². The molecule has 84 valence electrons. The highest BCUT2D eigenvalue weighted by atomic mass is 79.9. The first kappa shape index (κ1) is 12.5. The quantitative estimate of drug-likeness (QED) is 0.565. The number of hydrogen-bond donors (Lipinski definition) is 0. The van der Waals surface area contributed by atoms with E-state index in [1.807, 2.05) is 6.92 Å². The average Bonchev–Trinajstić information content (AvgIpc) is 1.99. The molecule has 1 rings (SSSR count). The van der Waals surface area contributed by atoms with E-state index in [4.69, 9.17) is 0 Å². The fourth-order valence-electron chi connectivity index (χ4n) is 1.24. The molecule has 0 heterocycles. The van der Waals surface area contributed by atoms with E-state index in [2.05, 4.69) is 15.9 Å². The van der Waals surface area contributed by atoms with Crippen molar-refractivity contribution in [1.82, 2.24) is 0 Å². The van der Waals surface area contributed by atoms with Gasteiger partial charge in [-0.05, 0) is 24.1 Å². The van der Waals surface area contributed by atoms with Gasteiger partial charge in [-0.3, -0.25) is 0 Å². The normalized spacial score (nSPS) is 14.0. The van der Waals surface area contributed by atoms with Gasteiger partial charge in [0.25, 0.3) is 0 Å². The summed E-state index contributed by atoms with van der Waals surface area (Å²) in [5.41, 5.74) is -0.668. The summed E-state index contributed by atoms with van der Waals surface area (Å²) >= 11 is 3.25. The van der Waals surface area contributed by atoms with E-state index in [0.717, 1.165) is 12.1 Å². The summed E-state index contributed by atoms with van der Waals surface area (Å²) in [6.07, 6.45) is -4.13. The SMILES string of the molecule is CC(Br)Cc1ccc(C(F)(F)F)c(F)c1. The largest absolute Gasteiger partial charge is 0.419 e. The summed E-state index contributed by atoms with van der Waals surface area (Å²) in [5.74, 6) is -1.21. The van der Waals surface area contributed by atoms with Crippen molar-refractivity contribution in [2.24, 2.45) is 0 Å². The van der Waals surface area contributed by atoms with Crippen molar-refractivity contribution < 1.29 is 17.6 Å². The molecule has 1 atom stereocenters. The lowest BCUT2D eigenvalue weighted by Gasteiger charge is -2.09. The molecular weight excluding hydrogens is 276 g/mol. The van der Waals surface area contributed by atoms with Crippen LogP contribution < -0.4 is 0 Å². The summed E-state index contributed by atoms with van der Waals surface area (Å²) < 4.78 is 49.6. The van der Waals surface area contributed by atoms with Gasteiger partial charge in [0.05, 0.1) is 5.56 Å². The Hall–Kier alpha value is -0.580. The molecule has 1 aromatic carbocycles. The predicted molar refractivity (Wildman–Crippen MR) is 53.5 cm³/mol. The number of benzene rings is 1. The van der Waals surface area contributed by atoms with Crippen molar-refractivity contribution in [3.8, 4) is 0 Å². The van der Waals surface area contributed by atoms with E-state index < -0.39 is 17.6 Å². The minimum absolute atomic E-state index is 0.105. The van der Waals surface area contributed by atoms with E-state index >= 15 is 0 Å². The molecule has 0 fully saturated rings. The molecule has 0 aromatic heterocycles. The zero-order valence-corrected chi connectivity index (χ0v) is 9.49. The van der Waals surface area contributed by atoms with Crippen molar-refractivity contribution in [3.05, 3.63) is 35.1 Å². The topological polar surface area (TPSA) is 0 Å². The Morgan fingerprint density at radius 2 is 1.93 bits per heavy atom. The highest BCUT2D eigenvalue weighted by molar-refractivity contribution is 9.09. The zero-order chi connectivity index (χ0) is 11.6. The van der Waals surface area contributed by atoms with Crippen molar-refractivity contribution in [3.63, 3.8) is 0 Å². The highest BCUT2D eigenvalue weighted by Crippen LogP contribution is 2.31. The summed E-state index contributed by atoms with van der Waals surface area (Å²) in [6, 6.07) is 3.00. The summed E-state index contributed by atoms with van der Waals surface area (Å²) in [5, 5.41) is 0. The molecule has 0 saturated heterocycles. The molecule has 0 aliphatic carbocycles. The summed E-state index contributed by atoms with van der Waals surface area (Å²) in [6.45, 7) is 1.84. The average molecular weight is 285 g/mol. The van der Waals surface area contributed by atoms with Gasteiger partial charge in [-0.25, -0.2) is 4.39 Å². The fraction of sp³-hybridized carbons (Fsp3) is 0.400. The van der Waals surface area contributed by atoms with Gasteiger partial charge < -0.3 is 0 Å². The molecule has 0 N–H and O–H groups in total. The van der Waals surface area contributed by atoms with E-state index in [-0.39, 0.29) is 4.83 Å². The van der Waals surface area contributed by atoms with Crippen molar-refractivity contribution in [2.45, 2.75) is 24.3 Å². The van der Waals surface area contributed by atoms with E-state index in [9.17, 15) is 17.6 Å². The van der Waals surface area contributed by atoms with Crippen LogP contribution in [0.2, 0.25) is 0 Å². The van der Waals surface area contributed by atoms with Gasteiger partial charge in [0.2, 0.25) is 0 Å². The van der Waals surface area contributed by atoms with E-state index in [1.165, 1.54) is 6.07 Å². The molecule has 1 unspecified atom stereocenters. The predicted octanol–water partition coefficient (Wildman–Crippen LogP) is 4.17. The molecule has 0 aliphatic heterocycles. The Balaban J connectivity index is 2.99. The van der Waals surface area contributed by atoms with Gasteiger partial charge >= 0.3 is 6.18 Å². The highest BCUT2D eigenvalue weighted by Gasteiger charge is 2.33. The maximum Gasteiger partial charge on any atom is 0.419 e. The zero-order valence-electron chi connectivity index (χ0n) is 7.91. The van der Waals surface area contributed by atoms with E-state index in [1.54, 1.807) is 0 Å². The van der Waals surface area contributed by atoms with Gasteiger partial charge in [0.1, 0.15) is 5.82 Å². The molecule has 1 aromatic rings. The van der Waals surface area contributed by atoms with Crippen molar-refractivity contribution in [1.29, 1.82) is 0 Å². The van der Waals surface area contributed by atoms with Crippen LogP contribution in [-0.2, 0) is 12.6 Å². The van der Waals surface area contributed by atoms with Crippen LogP contribution in [0.15, 0.2) is 18.2 Å². The third-order valence-corrected chi connectivity index (χ3v) is 2.18. The maximum absolute atomic E-state index is 13.1. The second-order valence-corrected chi connectivity index (χ2v) is 4.86. The number of alkyl halides is 4. The van der Waals surface area contributed by atoms with Crippen LogP contribution in [0, 0.1) is 5.82 Å². The van der Waals surface area contributed by atoms with Crippen molar-refractivity contribution in [2.75, 3.05) is 0 Å². The smallest absolute Gasteiger partial charge is 0.206 e. The molecule has 5 heteroatoms. The minimum atomic E-state index is -4.62. The lowest BCUT2D eigenvalue weighted by molar-refractivity contribution is -0.140. The number of hydrogen-bond acceptors (Lipinski definition) is 0. The molecule has 0 saturated carbocycles. The first-order valence-electron chi connectivity index (χ1n) is 4.30. The van der Waals surface area contributed by atoms with Gasteiger partial charge in [0.15, 0.2) is 0 Å². The molecule has 0 amide bonds. The standard InChI is InChI=1S/C10H9BrF4/c1-6(11)4-7-2-3-8(9(12)5-7)10(13,14)15/h2-3,5-6H,4H2,1H3.